The molecule has 0 amide bonds. The van der Waals surface area contributed by atoms with Crippen LogP contribution < -0.4 is 10.5 Å². The zero-order valence-corrected chi connectivity index (χ0v) is 12.0. The molecule has 0 radical (unpaired) electrons. The molecule has 0 bridgehead atoms. The summed E-state index contributed by atoms with van der Waals surface area (Å²) in [5.74, 6) is 0.0914. The normalized spacial score (nSPS) is 13.4. The van der Waals surface area contributed by atoms with Gasteiger partial charge in [-0.1, -0.05) is 25.5 Å². The highest BCUT2D eigenvalue weighted by molar-refractivity contribution is 7.88. The molecule has 0 spiro atoms. The molecular weight excluding hydrogens is 264 g/mol. The number of nitrogens with one attached hydrogen (secondary N) is 1. The molecule has 0 heterocycles. The van der Waals surface area contributed by atoms with Gasteiger partial charge in [0.25, 0.3) is 0 Å². The largest absolute Gasteiger partial charge is 0.399 e. The number of aliphatic hydroxyl groups is 1. The number of anilines is 1. The third kappa shape index (κ3) is 6.04. The topological polar surface area (TPSA) is 92.4 Å². The van der Waals surface area contributed by atoms with Crippen LogP contribution in [-0.4, -0.2) is 26.7 Å². The van der Waals surface area contributed by atoms with E-state index in [0.29, 0.717) is 24.2 Å². The maximum atomic E-state index is 11.9. The highest BCUT2D eigenvalue weighted by Crippen LogP contribution is 2.11. The lowest BCUT2D eigenvalue weighted by Crippen LogP contribution is -2.30. The van der Waals surface area contributed by atoms with Gasteiger partial charge in [-0.05, 0) is 30.0 Å². The molecule has 5 nitrogen and oxygen atoms in total. The lowest BCUT2D eigenvalue weighted by molar-refractivity contribution is 0.254. The molecule has 0 aromatic heterocycles. The Hall–Kier alpha value is -1.11. The van der Waals surface area contributed by atoms with E-state index in [4.69, 9.17) is 10.8 Å². The van der Waals surface area contributed by atoms with Crippen LogP contribution in [0.25, 0.3) is 0 Å². The van der Waals surface area contributed by atoms with Gasteiger partial charge in [0.05, 0.1) is 5.75 Å². The van der Waals surface area contributed by atoms with Gasteiger partial charge >= 0.3 is 0 Å². The first-order valence-electron chi connectivity index (χ1n) is 6.39. The van der Waals surface area contributed by atoms with Crippen molar-refractivity contribution in [3.8, 4) is 0 Å². The zero-order valence-electron chi connectivity index (χ0n) is 11.2. The van der Waals surface area contributed by atoms with Crippen LogP contribution in [0.4, 0.5) is 5.69 Å². The quantitative estimate of drug-likeness (QED) is 0.624. The minimum atomic E-state index is -3.36. The molecule has 19 heavy (non-hydrogen) atoms. The van der Waals surface area contributed by atoms with E-state index in [1.165, 1.54) is 0 Å². The van der Waals surface area contributed by atoms with Crippen molar-refractivity contribution in [1.82, 2.24) is 4.72 Å². The maximum Gasteiger partial charge on any atom is 0.215 e. The lowest BCUT2D eigenvalue weighted by atomic mass is 10.0. The first kappa shape index (κ1) is 15.9. The Morgan fingerprint density at radius 1 is 1.42 bits per heavy atom. The summed E-state index contributed by atoms with van der Waals surface area (Å²) in [6, 6.07) is 6.85. The molecule has 1 unspecified atom stereocenters. The standard InChI is InChI=1S/C13H22N2O3S/c1-2-11(6-7-16)9-15-19(17,18)10-12-4-3-5-13(14)8-12/h3-5,8,11,15-16H,2,6-7,9-10,14H2,1H3. The Kier molecular flexibility index (Phi) is 6.27. The second-order valence-electron chi connectivity index (χ2n) is 4.64. The number of aliphatic hydroxyl groups excluding tert-OH is 1. The molecule has 0 aliphatic rings. The van der Waals surface area contributed by atoms with Crippen molar-refractivity contribution >= 4 is 15.7 Å². The van der Waals surface area contributed by atoms with Crippen molar-refractivity contribution in [2.24, 2.45) is 5.92 Å². The minimum absolute atomic E-state index is 0.0758. The average molecular weight is 286 g/mol. The average Bonchev–Trinajstić information content (AvgIpc) is 2.34. The van der Waals surface area contributed by atoms with Gasteiger partial charge in [-0.15, -0.1) is 0 Å². The second kappa shape index (κ2) is 7.47. The van der Waals surface area contributed by atoms with Crippen LogP contribution in [0.3, 0.4) is 0 Å². The molecule has 1 rings (SSSR count). The van der Waals surface area contributed by atoms with Crippen LogP contribution in [0.15, 0.2) is 24.3 Å². The van der Waals surface area contributed by atoms with E-state index in [9.17, 15) is 8.42 Å². The predicted molar refractivity (Wildman–Crippen MR) is 77.0 cm³/mol. The Morgan fingerprint density at radius 2 is 2.16 bits per heavy atom. The highest BCUT2D eigenvalue weighted by Gasteiger charge is 2.14. The van der Waals surface area contributed by atoms with Crippen LogP contribution in [0.5, 0.6) is 0 Å². The van der Waals surface area contributed by atoms with Gasteiger partial charge in [-0.25, -0.2) is 13.1 Å². The van der Waals surface area contributed by atoms with Gasteiger partial charge < -0.3 is 10.8 Å². The monoisotopic (exact) mass is 286 g/mol. The number of nitrogens with two attached hydrogens (primary N) is 1. The highest BCUT2D eigenvalue weighted by atomic mass is 32.2. The van der Waals surface area contributed by atoms with Crippen molar-refractivity contribution in [2.45, 2.75) is 25.5 Å². The minimum Gasteiger partial charge on any atom is -0.399 e. The molecule has 0 saturated heterocycles. The summed E-state index contributed by atoms with van der Waals surface area (Å²) in [6.07, 6.45) is 1.44. The molecule has 0 fully saturated rings. The van der Waals surface area contributed by atoms with E-state index in [1.54, 1.807) is 24.3 Å². The molecule has 6 heteroatoms. The van der Waals surface area contributed by atoms with Gasteiger partial charge in [0.15, 0.2) is 0 Å². The van der Waals surface area contributed by atoms with Crippen LogP contribution in [0, 0.1) is 5.92 Å². The van der Waals surface area contributed by atoms with Crippen molar-refractivity contribution in [3.63, 3.8) is 0 Å². The van der Waals surface area contributed by atoms with Gasteiger partial charge in [-0.3, -0.25) is 0 Å². The molecule has 0 aliphatic heterocycles. The summed E-state index contributed by atoms with van der Waals surface area (Å²) in [4.78, 5) is 0. The Balaban J connectivity index is 2.57. The van der Waals surface area contributed by atoms with Gasteiger partial charge in [-0.2, -0.15) is 0 Å². The Labute approximate surface area is 114 Å². The Morgan fingerprint density at radius 3 is 2.74 bits per heavy atom. The lowest BCUT2D eigenvalue weighted by Gasteiger charge is -2.14. The maximum absolute atomic E-state index is 11.9. The van der Waals surface area contributed by atoms with Crippen molar-refractivity contribution in [2.75, 3.05) is 18.9 Å². The predicted octanol–water partition coefficient (Wildman–Crippen LogP) is 1.10. The summed E-state index contributed by atoms with van der Waals surface area (Å²) in [7, 11) is -3.36. The van der Waals surface area contributed by atoms with Gasteiger partial charge in [0.2, 0.25) is 10.0 Å². The smallest absolute Gasteiger partial charge is 0.215 e. The van der Waals surface area contributed by atoms with E-state index >= 15 is 0 Å². The Bertz CT molecular complexity index is 488. The van der Waals surface area contributed by atoms with Crippen LogP contribution >= 0.6 is 0 Å². The van der Waals surface area contributed by atoms with Crippen LogP contribution in [0.1, 0.15) is 25.3 Å². The molecular formula is C13H22N2O3S. The molecule has 1 aromatic rings. The number of benzene rings is 1. The van der Waals surface area contributed by atoms with Gasteiger partial charge in [0.1, 0.15) is 0 Å². The van der Waals surface area contributed by atoms with E-state index in [2.05, 4.69) is 4.72 Å². The van der Waals surface area contributed by atoms with Crippen molar-refractivity contribution < 1.29 is 13.5 Å². The zero-order chi connectivity index (χ0) is 14.3. The van der Waals surface area contributed by atoms with Crippen molar-refractivity contribution in [3.05, 3.63) is 29.8 Å². The molecule has 1 aromatic carbocycles. The van der Waals surface area contributed by atoms with Crippen LogP contribution in [-0.2, 0) is 15.8 Å². The van der Waals surface area contributed by atoms with Crippen molar-refractivity contribution in [1.29, 1.82) is 0 Å². The third-order valence-electron chi connectivity index (χ3n) is 3.01. The van der Waals surface area contributed by atoms with E-state index < -0.39 is 10.0 Å². The molecule has 0 saturated carbocycles. The summed E-state index contributed by atoms with van der Waals surface area (Å²) >= 11 is 0. The van der Waals surface area contributed by atoms with E-state index in [1.807, 2.05) is 6.92 Å². The number of nitrogen functional groups attached to an aromatic ring is 1. The molecule has 4 N–H and O–H groups in total. The first-order valence-corrected chi connectivity index (χ1v) is 8.04. The fourth-order valence-corrected chi connectivity index (χ4v) is 3.04. The SMILES string of the molecule is CCC(CCO)CNS(=O)(=O)Cc1cccc(N)c1. The van der Waals surface area contributed by atoms with E-state index in [-0.39, 0.29) is 18.3 Å². The number of hydrogen-bond donors (Lipinski definition) is 3. The third-order valence-corrected chi connectivity index (χ3v) is 4.33. The number of rotatable bonds is 8. The fourth-order valence-electron chi connectivity index (χ4n) is 1.83. The van der Waals surface area contributed by atoms with Crippen LogP contribution in [0.2, 0.25) is 0 Å². The van der Waals surface area contributed by atoms with E-state index in [0.717, 1.165) is 6.42 Å². The number of sulfonamides is 1. The summed E-state index contributed by atoms with van der Waals surface area (Å²) in [6.45, 7) is 2.42. The summed E-state index contributed by atoms with van der Waals surface area (Å²) in [5.41, 5.74) is 6.84. The molecule has 0 aliphatic carbocycles. The van der Waals surface area contributed by atoms with Gasteiger partial charge in [0, 0.05) is 18.8 Å². The first-order chi connectivity index (χ1) is 8.96. The summed E-state index contributed by atoms with van der Waals surface area (Å²) < 4.78 is 26.4. The molecule has 108 valence electrons. The fraction of sp³-hybridized carbons (Fsp3) is 0.538. The second-order valence-corrected chi connectivity index (χ2v) is 6.45. The summed E-state index contributed by atoms with van der Waals surface area (Å²) in [5, 5.41) is 8.87. The molecule has 1 atom stereocenters. The number of hydrogen-bond acceptors (Lipinski definition) is 4.